The lowest BCUT2D eigenvalue weighted by molar-refractivity contribution is -0.139. The quantitative estimate of drug-likeness (QED) is 0.478. The molecule has 0 heterocycles. The number of esters is 1. The molecule has 8 nitrogen and oxygen atoms in total. The zero-order chi connectivity index (χ0) is 17.4. The first-order chi connectivity index (χ1) is 9.61. The van der Waals surface area contributed by atoms with Crippen LogP contribution in [0.25, 0.3) is 0 Å². The Morgan fingerprint density at radius 1 is 1.14 bits per heavy atom. The molecular formula is C13H19NO7. The molecule has 0 aromatic rings. The van der Waals surface area contributed by atoms with E-state index in [1.54, 1.807) is 6.92 Å². The monoisotopic (exact) mass is 301 g/mol. The number of rotatable bonds is 6. The maximum Gasteiger partial charge on any atom is 0.331 e. The number of nitrogens with two attached hydrogens (primary N) is 1. The number of primary amides is 1. The van der Waals surface area contributed by atoms with Crippen LogP contribution in [0.2, 0.25) is 0 Å². The number of aliphatic carboxylic acids is 2. The average Bonchev–Trinajstić information content (AvgIpc) is 2.39. The van der Waals surface area contributed by atoms with Crippen molar-refractivity contribution in [2.24, 2.45) is 5.73 Å². The van der Waals surface area contributed by atoms with Crippen LogP contribution >= 0.6 is 0 Å². The highest BCUT2D eigenvalue weighted by atomic mass is 16.5. The molecular weight excluding hydrogens is 282 g/mol. The number of ether oxygens (including phenoxy) is 1. The van der Waals surface area contributed by atoms with Crippen molar-refractivity contribution in [1.29, 1.82) is 0 Å². The fraction of sp³-hybridized carbons (Fsp3) is 0.231. The first kappa shape index (κ1) is 23.2. The molecule has 0 aromatic carbocycles. The van der Waals surface area contributed by atoms with Crippen molar-refractivity contribution in [3.63, 3.8) is 0 Å². The Balaban J connectivity index is -0.000000242. The molecule has 0 aliphatic carbocycles. The molecule has 0 bridgehead atoms. The summed E-state index contributed by atoms with van der Waals surface area (Å²) in [5.41, 5.74) is 4.23. The number of hydrogen-bond donors (Lipinski definition) is 3. The van der Waals surface area contributed by atoms with Gasteiger partial charge in [-0.2, -0.15) is 0 Å². The van der Waals surface area contributed by atoms with Crippen LogP contribution in [-0.4, -0.2) is 40.6 Å². The van der Waals surface area contributed by atoms with Gasteiger partial charge in [-0.25, -0.2) is 9.59 Å². The van der Waals surface area contributed by atoms with E-state index in [1.807, 2.05) is 0 Å². The van der Waals surface area contributed by atoms with Crippen molar-refractivity contribution in [2.45, 2.75) is 13.3 Å². The Morgan fingerprint density at radius 2 is 1.57 bits per heavy atom. The van der Waals surface area contributed by atoms with Crippen LogP contribution in [0, 0.1) is 0 Å². The number of carboxylic acids is 2. The highest BCUT2D eigenvalue weighted by Gasteiger charge is 2.07. The molecule has 0 radical (unpaired) electrons. The van der Waals surface area contributed by atoms with E-state index in [4.69, 9.17) is 10.2 Å². The van der Waals surface area contributed by atoms with E-state index in [-0.39, 0.29) is 11.5 Å². The van der Waals surface area contributed by atoms with E-state index in [0.717, 1.165) is 12.2 Å². The second-order valence-corrected chi connectivity index (χ2v) is 3.04. The van der Waals surface area contributed by atoms with Crippen LogP contribution in [0.3, 0.4) is 0 Å². The van der Waals surface area contributed by atoms with Crippen molar-refractivity contribution in [3.8, 4) is 0 Å². The lowest BCUT2D eigenvalue weighted by atomic mass is 10.2. The second-order valence-electron chi connectivity index (χ2n) is 3.04. The predicted octanol–water partition coefficient (Wildman–Crippen LogP) is 0.495. The number of carbonyl (C=O) groups is 4. The summed E-state index contributed by atoms with van der Waals surface area (Å²) in [5, 5.41) is 16.1. The normalized spacial score (nSPS) is 7.67. The van der Waals surface area contributed by atoms with Crippen molar-refractivity contribution < 1.29 is 34.1 Å². The molecule has 0 aliphatic heterocycles. The van der Waals surface area contributed by atoms with Gasteiger partial charge in [0.05, 0.1) is 13.0 Å². The molecule has 0 saturated carbocycles. The van der Waals surface area contributed by atoms with Gasteiger partial charge >= 0.3 is 17.9 Å². The van der Waals surface area contributed by atoms with Crippen molar-refractivity contribution in [2.75, 3.05) is 6.61 Å². The summed E-state index contributed by atoms with van der Waals surface area (Å²) >= 11 is 0. The van der Waals surface area contributed by atoms with Crippen molar-refractivity contribution in [3.05, 3.63) is 37.5 Å². The minimum Gasteiger partial charge on any atom is -0.481 e. The van der Waals surface area contributed by atoms with Crippen LogP contribution in [0.1, 0.15) is 13.3 Å². The zero-order valence-corrected chi connectivity index (χ0v) is 11.7. The number of carbonyl (C=O) groups excluding carboxylic acids is 2. The molecule has 4 N–H and O–H groups in total. The molecule has 0 aliphatic rings. The largest absolute Gasteiger partial charge is 0.481 e. The average molecular weight is 301 g/mol. The predicted molar refractivity (Wildman–Crippen MR) is 75.3 cm³/mol. The number of amides is 1. The minimum absolute atomic E-state index is 0.303. The standard InChI is InChI=1S/C5H6O4.C5H8O2.C3H5NO/c1-3(5(8)9)2-4(6)7;1-3-5(6)7-4-2;1-2-3(4)5/h1-2H2,(H,6,7)(H,8,9);3H,1,4H2,2H3;2H,1H2,(H2,4,5). The van der Waals surface area contributed by atoms with Gasteiger partial charge < -0.3 is 20.7 Å². The maximum absolute atomic E-state index is 10.1. The molecule has 0 atom stereocenters. The zero-order valence-electron chi connectivity index (χ0n) is 11.7. The van der Waals surface area contributed by atoms with E-state index >= 15 is 0 Å². The van der Waals surface area contributed by atoms with Crippen molar-refractivity contribution >= 4 is 23.8 Å². The molecule has 118 valence electrons. The summed E-state index contributed by atoms with van der Waals surface area (Å²) in [6.07, 6.45) is 1.69. The number of hydrogen-bond acceptors (Lipinski definition) is 5. The Hall–Kier alpha value is -2.90. The first-order valence-corrected chi connectivity index (χ1v) is 5.46. The van der Waals surface area contributed by atoms with Gasteiger partial charge in [-0.15, -0.1) is 0 Å². The third-order valence-electron chi connectivity index (χ3n) is 1.32. The topological polar surface area (TPSA) is 144 Å². The molecule has 0 rings (SSSR count). The molecule has 1 amide bonds. The van der Waals surface area contributed by atoms with Crippen LogP contribution < -0.4 is 5.73 Å². The molecule has 21 heavy (non-hydrogen) atoms. The van der Waals surface area contributed by atoms with Crippen LogP contribution in [0.4, 0.5) is 0 Å². The van der Waals surface area contributed by atoms with Gasteiger partial charge in [-0.05, 0) is 13.0 Å². The van der Waals surface area contributed by atoms with Gasteiger partial charge in [-0.3, -0.25) is 9.59 Å². The van der Waals surface area contributed by atoms with Crippen LogP contribution in [0.5, 0.6) is 0 Å². The molecule has 0 unspecified atom stereocenters. The van der Waals surface area contributed by atoms with Crippen molar-refractivity contribution in [1.82, 2.24) is 0 Å². The van der Waals surface area contributed by atoms with Gasteiger partial charge in [0.2, 0.25) is 5.91 Å². The summed E-state index contributed by atoms with van der Waals surface area (Å²) in [7, 11) is 0. The van der Waals surface area contributed by atoms with E-state index in [2.05, 4.69) is 30.2 Å². The van der Waals surface area contributed by atoms with E-state index < -0.39 is 24.3 Å². The van der Waals surface area contributed by atoms with Gasteiger partial charge in [-0.1, -0.05) is 19.7 Å². The second kappa shape index (κ2) is 15.2. The number of carboxylic acid groups (broad SMARTS) is 2. The first-order valence-electron chi connectivity index (χ1n) is 5.46. The maximum atomic E-state index is 10.1. The van der Waals surface area contributed by atoms with Crippen LogP contribution in [0.15, 0.2) is 37.5 Å². The summed E-state index contributed by atoms with van der Waals surface area (Å²) < 4.78 is 4.43. The van der Waals surface area contributed by atoms with Gasteiger partial charge in [0.1, 0.15) is 0 Å². The van der Waals surface area contributed by atoms with E-state index in [1.165, 1.54) is 0 Å². The highest BCUT2D eigenvalue weighted by Crippen LogP contribution is 1.95. The summed E-state index contributed by atoms with van der Waals surface area (Å²) in [6, 6.07) is 0. The summed E-state index contributed by atoms with van der Waals surface area (Å²) in [4.78, 5) is 39.2. The van der Waals surface area contributed by atoms with Gasteiger partial charge in [0.15, 0.2) is 0 Å². The fourth-order valence-electron chi connectivity index (χ4n) is 0.459. The lowest BCUT2D eigenvalue weighted by Crippen LogP contribution is -2.04. The van der Waals surface area contributed by atoms with Crippen LogP contribution in [-0.2, 0) is 23.9 Å². The fourth-order valence-corrected chi connectivity index (χ4v) is 0.459. The third-order valence-corrected chi connectivity index (χ3v) is 1.32. The third kappa shape index (κ3) is 26.6. The molecule has 0 saturated heterocycles. The Labute approximate surface area is 122 Å². The van der Waals surface area contributed by atoms with Gasteiger partial charge in [0.25, 0.3) is 0 Å². The Bertz CT molecular complexity index is 413. The highest BCUT2D eigenvalue weighted by molar-refractivity contribution is 5.91. The smallest absolute Gasteiger partial charge is 0.331 e. The molecule has 0 aromatic heterocycles. The molecule has 8 heteroatoms. The Morgan fingerprint density at radius 3 is 1.67 bits per heavy atom. The lowest BCUT2D eigenvalue weighted by Gasteiger charge is -1.91. The molecule has 0 spiro atoms. The summed E-state index contributed by atoms with van der Waals surface area (Å²) in [6.45, 7) is 11.5. The van der Waals surface area contributed by atoms with E-state index in [0.29, 0.717) is 6.61 Å². The SMILES string of the molecule is C=C(CC(=O)O)C(=O)O.C=CC(=O)OCC.C=CC(N)=O. The Kier molecular flexibility index (Phi) is 16.8. The minimum atomic E-state index is -1.27. The summed E-state index contributed by atoms with van der Waals surface area (Å²) in [5.74, 6) is -3.28. The molecule has 0 fully saturated rings. The van der Waals surface area contributed by atoms with E-state index in [9.17, 15) is 19.2 Å². The van der Waals surface area contributed by atoms with Gasteiger partial charge in [0, 0.05) is 11.6 Å².